The van der Waals surface area contributed by atoms with Crippen LogP contribution < -0.4 is 11.5 Å². The van der Waals surface area contributed by atoms with Gasteiger partial charge in [0, 0.05) is 29.8 Å². The van der Waals surface area contributed by atoms with Crippen molar-refractivity contribution in [3.05, 3.63) is 54.7 Å². The third-order valence-electron chi connectivity index (χ3n) is 2.96. The molecule has 4 N–H and O–H groups in total. The van der Waals surface area contributed by atoms with Crippen molar-refractivity contribution in [3.63, 3.8) is 0 Å². The van der Waals surface area contributed by atoms with E-state index in [9.17, 15) is 4.79 Å². The zero-order chi connectivity index (χ0) is 14.8. The molecule has 0 aliphatic carbocycles. The summed E-state index contributed by atoms with van der Waals surface area (Å²) < 4.78 is 1.47. The first-order valence-electron chi connectivity index (χ1n) is 6.17. The highest BCUT2D eigenvalue weighted by atomic mass is 16.1. The van der Waals surface area contributed by atoms with Gasteiger partial charge in [-0.25, -0.2) is 14.6 Å². The van der Waals surface area contributed by atoms with Crippen molar-refractivity contribution < 1.29 is 4.79 Å². The van der Waals surface area contributed by atoms with Gasteiger partial charge in [-0.15, -0.1) is 0 Å². The van der Waals surface area contributed by atoms with Gasteiger partial charge in [-0.2, -0.15) is 5.10 Å². The lowest BCUT2D eigenvalue weighted by atomic mass is 10.1. The second-order valence-electron chi connectivity index (χ2n) is 4.39. The van der Waals surface area contributed by atoms with Crippen LogP contribution in [0, 0.1) is 0 Å². The Bertz CT molecular complexity index is 793. The van der Waals surface area contributed by atoms with Crippen molar-refractivity contribution >= 4 is 11.6 Å². The van der Waals surface area contributed by atoms with E-state index in [0.29, 0.717) is 11.5 Å². The predicted octanol–water partition coefficient (Wildman–Crippen LogP) is 1.01. The molecule has 0 aliphatic heterocycles. The number of carbonyl (C=O) groups is 1. The third kappa shape index (κ3) is 2.44. The fourth-order valence-corrected chi connectivity index (χ4v) is 1.94. The molecule has 7 heteroatoms. The summed E-state index contributed by atoms with van der Waals surface area (Å²) in [5.74, 6) is -0.352. The molecule has 0 unspecified atom stereocenters. The predicted molar refractivity (Wildman–Crippen MR) is 77.5 cm³/mol. The summed E-state index contributed by atoms with van der Waals surface area (Å²) in [6, 6.07) is 7.40. The number of anilines is 1. The quantitative estimate of drug-likeness (QED) is 0.695. The van der Waals surface area contributed by atoms with E-state index in [1.54, 1.807) is 12.4 Å². The lowest BCUT2D eigenvalue weighted by Gasteiger charge is -2.03. The number of rotatable bonds is 3. The number of hydrogen-bond donors (Lipinski definition) is 2. The van der Waals surface area contributed by atoms with Crippen molar-refractivity contribution in [1.82, 2.24) is 19.7 Å². The topological polar surface area (TPSA) is 113 Å². The van der Waals surface area contributed by atoms with E-state index in [0.717, 1.165) is 11.1 Å². The summed E-state index contributed by atoms with van der Waals surface area (Å²) >= 11 is 0. The summed E-state index contributed by atoms with van der Waals surface area (Å²) in [5.41, 5.74) is 13.5. The molecule has 2 heterocycles. The Morgan fingerprint density at radius 1 is 1.05 bits per heavy atom. The van der Waals surface area contributed by atoms with Crippen LogP contribution in [-0.4, -0.2) is 25.7 Å². The maximum atomic E-state index is 11.4. The number of nitrogens with zero attached hydrogens (tertiary/aromatic N) is 4. The van der Waals surface area contributed by atoms with Crippen molar-refractivity contribution in [2.24, 2.45) is 5.73 Å². The van der Waals surface area contributed by atoms with Gasteiger partial charge in [0.25, 0.3) is 5.91 Å². The highest BCUT2D eigenvalue weighted by Crippen LogP contribution is 2.21. The molecule has 0 atom stereocenters. The van der Waals surface area contributed by atoms with E-state index < -0.39 is 5.91 Å². The Kier molecular flexibility index (Phi) is 3.07. The zero-order valence-corrected chi connectivity index (χ0v) is 11.0. The highest BCUT2D eigenvalue weighted by Gasteiger charge is 2.14. The maximum absolute atomic E-state index is 11.4. The Morgan fingerprint density at radius 3 is 2.48 bits per heavy atom. The minimum atomic E-state index is -0.650. The van der Waals surface area contributed by atoms with Crippen LogP contribution in [0.3, 0.4) is 0 Å². The Morgan fingerprint density at radius 2 is 1.76 bits per heavy atom. The van der Waals surface area contributed by atoms with Crippen LogP contribution in [0.4, 0.5) is 5.69 Å². The molecular formula is C14H12N6O. The van der Waals surface area contributed by atoms with E-state index in [4.69, 9.17) is 11.5 Å². The number of benzene rings is 1. The number of primary amides is 1. The number of nitrogens with two attached hydrogens (primary N) is 2. The largest absolute Gasteiger partial charge is 0.399 e. The average Bonchev–Trinajstić information content (AvgIpc) is 2.97. The first kappa shape index (κ1) is 12.8. The van der Waals surface area contributed by atoms with E-state index in [1.165, 1.54) is 17.1 Å². The number of hydrogen-bond acceptors (Lipinski definition) is 5. The van der Waals surface area contributed by atoms with Crippen LogP contribution >= 0.6 is 0 Å². The molecule has 3 aromatic rings. The molecule has 0 radical (unpaired) electrons. The molecule has 21 heavy (non-hydrogen) atoms. The van der Waals surface area contributed by atoms with Gasteiger partial charge in [0.2, 0.25) is 0 Å². The fourth-order valence-electron chi connectivity index (χ4n) is 1.94. The van der Waals surface area contributed by atoms with Crippen LogP contribution in [0.25, 0.3) is 16.9 Å². The molecule has 0 saturated carbocycles. The third-order valence-corrected chi connectivity index (χ3v) is 2.96. The van der Waals surface area contributed by atoms with Gasteiger partial charge in [0.15, 0.2) is 11.5 Å². The first-order chi connectivity index (χ1) is 10.1. The highest BCUT2D eigenvalue weighted by molar-refractivity contribution is 5.93. The van der Waals surface area contributed by atoms with E-state index in [2.05, 4.69) is 15.1 Å². The van der Waals surface area contributed by atoms with Crippen molar-refractivity contribution in [2.75, 3.05) is 5.73 Å². The molecule has 0 bridgehead atoms. The van der Waals surface area contributed by atoms with Crippen LogP contribution in [0.2, 0.25) is 0 Å². The van der Waals surface area contributed by atoms with Crippen LogP contribution in [0.15, 0.2) is 49.1 Å². The van der Waals surface area contributed by atoms with Crippen LogP contribution in [0.1, 0.15) is 10.5 Å². The van der Waals surface area contributed by atoms with Gasteiger partial charge in [0.1, 0.15) is 0 Å². The molecule has 0 spiro atoms. The minimum absolute atomic E-state index is 0.0736. The second-order valence-corrected chi connectivity index (χ2v) is 4.39. The smallest absolute Gasteiger partial charge is 0.271 e. The lowest BCUT2D eigenvalue weighted by Crippen LogP contribution is -2.17. The molecule has 3 rings (SSSR count). The second kappa shape index (κ2) is 5.04. The molecule has 1 aromatic carbocycles. The Hall–Kier alpha value is -3.22. The van der Waals surface area contributed by atoms with E-state index >= 15 is 0 Å². The van der Waals surface area contributed by atoms with Crippen molar-refractivity contribution in [2.45, 2.75) is 0 Å². The molecule has 7 nitrogen and oxygen atoms in total. The van der Waals surface area contributed by atoms with Gasteiger partial charge >= 0.3 is 0 Å². The van der Waals surface area contributed by atoms with Crippen molar-refractivity contribution in [3.8, 4) is 16.9 Å². The summed E-state index contributed by atoms with van der Waals surface area (Å²) in [6.07, 6.45) is 6.31. The van der Waals surface area contributed by atoms with Gasteiger partial charge in [-0.1, -0.05) is 12.1 Å². The summed E-state index contributed by atoms with van der Waals surface area (Å²) in [4.78, 5) is 19.4. The fraction of sp³-hybridized carbons (Fsp3) is 0. The summed E-state index contributed by atoms with van der Waals surface area (Å²) in [6.45, 7) is 0. The van der Waals surface area contributed by atoms with Gasteiger partial charge < -0.3 is 11.5 Å². The number of carbonyl (C=O) groups excluding carboxylic acids is 1. The van der Waals surface area contributed by atoms with Crippen LogP contribution in [-0.2, 0) is 0 Å². The molecule has 0 aliphatic rings. The van der Waals surface area contributed by atoms with Gasteiger partial charge in [-0.3, -0.25) is 4.79 Å². The first-order valence-corrected chi connectivity index (χ1v) is 6.17. The molecule has 1 amide bonds. The number of amides is 1. The minimum Gasteiger partial charge on any atom is -0.399 e. The monoisotopic (exact) mass is 280 g/mol. The molecule has 104 valence electrons. The summed E-state index contributed by atoms with van der Waals surface area (Å²) in [5, 5.41) is 4.20. The van der Waals surface area contributed by atoms with Crippen molar-refractivity contribution in [1.29, 1.82) is 0 Å². The lowest BCUT2D eigenvalue weighted by molar-refractivity contribution is 0.0995. The molecule has 2 aromatic heterocycles. The normalized spacial score (nSPS) is 10.5. The van der Waals surface area contributed by atoms with E-state index in [1.807, 2.05) is 24.3 Å². The SMILES string of the molecule is NC(=O)c1nccnc1-n1cc(-c2ccc(N)cc2)cn1. The number of nitrogen functional groups attached to an aromatic ring is 1. The van der Waals surface area contributed by atoms with Crippen LogP contribution in [0.5, 0.6) is 0 Å². The standard InChI is InChI=1S/C14H12N6O/c15-11-3-1-9(2-4-11)10-7-19-20(8-10)14-12(13(16)21)17-5-6-18-14/h1-8H,15H2,(H2,16,21). The zero-order valence-electron chi connectivity index (χ0n) is 11.0. The van der Waals surface area contributed by atoms with E-state index in [-0.39, 0.29) is 5.69 Å². The molecular weight excluding hydrogens is 268 g/mol. The van der Waals surface area contributed by atoms with Gasteiger partial charge in [0.05, 0.1) is 6.20 Å². The summed E-state index contributed by atoms with van der Waals surface area (Å²) in [7, 11) is 0. The Labute approximate surface area is 120 Å². The molecule has 0 fully saturated rings. The van der Waals surface area contributed by atoms with Gasteiger partial charge in [-0.05, 0) is 17.7 Å². The average molecular weight is 280 g/mol. The maximum Gasteiger partial charge on any atom is 0.271 e. The Balaban J connectivity index is 2.03. The number of aromatic nitrogens is 4. The molecule has 0 saturated heterocycles.